The zero-order valence-electron chi connectivity index (χ0n) is 14.2. The summed E-state index contributed by atoms with van der Waals surface area (Å²) in [7, 11) is 1.72. The number of imide groups is 1. The first-order valence-electron chi connectivity index (χ1n) is 8.43. The third-order valence-electron chi connectivity index (χ3n) is 4.82. The molecule has 1 fully saturated rings. The van der Waals surface area contributed by atoms with Crippen LogP contribution < -0.4 is 10.2 Å². The molecule has 4 rings (SSSR count). The molecule has 134 valence electrons. The molecule has 8 heteroatoms. The Kier molecular flexibility index (Phi) is 3.82. The molecule has 7 nitrogen and oxygen atoms in total. The van der Waals surface area contributed by atoms with Crippen LogP contribution in [0.2, 0.25) is 0 Å². The first-order valence-corrected chi connectivity index (χ1v) is 8.43. The van der Waals surface area contributed by atoms with Crippen molar-refractivity contribution in [3.05, 3.63) is 29.6 Å². The van der Waals surface area contributed by atoms with Crippen LogP contribution in [0.25, 0.3) is 16.5 Å². The van der Waals surface area contributed by atoms with Crippen LogP contribution in [0.15, 0.2) is 18.2 Å². The van der Waals surface area contributed by atoms with Crippen molar-refractivity contribution >= 4 is 40.0 Å². The Balaban J connectivity index is 1.79. The van der Waals surface area contributed by atoms with Gasteiger partial charge in [-0.1, -0.05) is 6.08 Å². The van der Waals surface area contributed by atoms with Crippen molar-refractivity contribution in [1.82, 2.24) is 15.1 Å². The molecule has 1 aromatic carbocycles. The Bertz CT molecular complexity index is 992. The fraction of sp³-hybridized carbons (Fsp3) is 0.333. The smallest absolute Gasteiger partial charge is 0.299 e. The third-order valence-corrected chi connectivity index (χ3v) is 4.82. The van der Waals surface area contributed by atoms with Gasteiger partial charge in [-0.05, 0) is 24.1 Å². The Hall–Kier alpha value is -3.03. The van der Waals surface area contributed by atoms with E-state index in [0.717, 1.165) is 5.57 Å². The Morgan fingerprint density at radius 1 is 1.15 bits per heavy atom. The first-order chi connectivity index (χ1) is 12.4. The number of nitrogens with zero attached hydrogens (tertiary/aromatic N) is 3. The predicted molar refractivity (Wildman–Crippen MR) is 93.0 cm³/mol. The van der Waals surface area contributed by atoms with Crippen LogP contribution in [-0.4, -0.2) is 34.0 Å². The number of rotatable bonds is 2. The van der Waals surface area contributed by atoms with Crippen molar-refractivity contribution in [3.63, 3.8) is 0 Å². The lowest BCUT2D eigenvalue weighted by Crippen LogP contribution is -2.49. The lowest BCUT2D eigenvalue weighted by molar-refractivity contribution is -0.120. The second-order valence-electron chi connectivity index (χ2n) is 6.52. The van der Waals surface area contributed by atoms with E-state index in [1.54, 1.807) is 23.9 Å². The molecule has 2 heterocycles. The maximum Gasteiger partial charge on any atom is 0.329 e. The predicted octanol–water partition coefficient (Wildman–Crippen LogP) is 2.30. The minimum Gasteiger partial charge on any atom is -0.299 e. The zero-order valence-corrected chi connectivity index (χ0v) is 14.2. The summed E-state index contributed by atoms with van der Waals surface area (Å²) >= 11 is 0. The maximum atomic E-state index is 14.8. The van der Waals surface area contributed by atoms with Crippen LogP contribution in [-0.2, 0) is 16.6 Å². The van der Waals surface area contributed by atoms with Crippen LogP contribution in [0.3, 0.4) is 0 Å². The van der Waals surface area contributed by atoms with Crippen LogP contribution in [0, 0.1) is 5.82 Å². The molecule has 2 aliphatic rings. The van der Waals surface area contributed by atoms with Gasteiger partial charge in [0, 0.05) is 43.8 Å². The van der Waals surface area contributed by atoms with Gasteiger partial charge in [-0.25, -0.2) is 9.18 Å². The van der Waals surface area contributed by atoms with Crippen LogP contribution >= 0.6 is 0 Å². The molecule has 0 radical (unpaired) electrons. The number of nitrogens with one attached hydrogen (secondary N) is 1. The van der Waals surface area contributed by atoms with Crippen molar-refractivity contribution in [1.29, 1.82) is 0 Å². The van der Waals surface area contributed by atoms with E-state index in [0.29, 0.717) is 41.5 Å². The number of urea groups is 1. The fourth-order valence-corrected chi connectivity index (χ4v) is 3.43. The van der Waals surface area contributed by atoms with E-state index in [1.165, 1.54) is 11.0 Å². The summed E-state index contributed by atoms with van der Waals surface area (Å²) in [5, 5.41) is 7.11. The minimum absolute atomic E-state index is 0.156. The van der Waals surface area contributed by atoms with E-state index in [-0.39, 0.29) is 24.7 Å². The van der Waals surface area contributed by atoms with Gasteiger partial charge in [-0.3, -0.25) is 24.5 Å². The molecule has 1 aromatic heterocycles. The van der Waals surface area contributed by atoms with E-state index in [2.05, 4.69) is 10.4 Å². The standard InChI is InChI=1S/C18H17FN4O3/c1-22-15-9-12(10-2-4-11(24)5-3-10)14(19)8-13(15)17(21-22)23-7-6-16(25)20-18(23)26/h2,8-9H,3-7H2,1H3,(H,20,25,26). The SMILES string of the molecule is Cn1nc(N2CCC(=O)NC2=O)c2cc(F)c(C3=CCC(=O)CC3)cc21. The van der Waals surface area contributed by atoms with Crippen LogP contribution in [0.5, 0.6) is 0 Å². The Morgan fingerprint density at radius 2 is 1.96 bits per heavy atom. The molecule has 0 spiro atoms. The molecule has 1 N–H and O–H groups in total. The maximum absolute atomic E-state index is 14.8. The molecule has 0 bridgehead atoms. The number of hydrogen-bond donors (Lipinski definition) is 1. The molecule has 3 amide bonds. The highest BCUT2D eigenvalue weighted by molar-refractivity contribution is 6.09. The van der Waals surface area contributed by atoms with E-state index < -0.39 is 11.8 Å². The summed E-state index contributed by atoms with van der Waals surface area (Å²) in [6.45, 7) is 0.202. The number of allylic oxidation sites excluding steroid dienone is 2. The minimum atomic E-state index is -0.556. The second-order valence-corrected chi connectivity index (χ2v) is 6.52. The van der Waals surface area contributed by atoms with Gasteiger partial charge in [-0.15, -0.1) is 0 Å². The molecule has 0 atom stereocenters. The van der Waals surface area contributed by atoms with Gasteiger partial charge in [0.1, 0.15) is 11.6 Å². The summed E-state index contributed by atoms with van der Waals surface area (Å²) in [6.07, 6.45) is 3.21. The van der Waals surface area contributed by atoms with E-state index in [9.17, 15) is 18.8 Å². The number of anilines is 1. The first kappa shape index (κ1) is 16.4. The number of ketones is 1. The van der Waals surface area contributed by atoms with Gasteiger partial charge in [-0.2, -0.15) is 5.10 Å². The van der Waals surface area contributed by atoms with E-state index in [4.69, 9.17) is 0 Å². The van der Waals surface area contributed by atoms with Crippen LogP contribution in [0.1, 0.15) is 31.2 Å². The highest BCUT2D eigenvalue weighted by Crippen LogP contribution is 2.34. The summed E-state index contributed by atoms with van der Waals surface area (Å²) < 4.78 is 16.4. The number of fused-ring (bicyclic) bond motifs is 1. The molecule has 0 unspecified atom stereocenters. The van der Waals surface area contributed by atoms with Gasteiger partial charge < -0.3 is 0 Å². The largest absolute Gasteiger partial charge is 0.329 e. The number of aryl methyl sites for hydroxylation is 1. The summed E-state index contributed by atoms with van der Waals surface area (Å²) in [5.74, 6) is -0.269. The van der Waals surface area contributed by atoms with Crippen molar-refractivity contribution < 1.29 is 18.8 Å². The van der Waals surface area contributed by atoms with Crippen molar-refractivity contribution in [3.8, 4) is 0 Å². The van der Waals surface area contributed by atoms with E-state index in [1.807, 2.05) is 0 Å². The molecule has 1 aliphatic heterocycles. The highest BCUT2D eigenvalue weighted by atomic mass is 19.1. The van der Waals surface area contributed by atoms with Crippen molar-refractivity contribution in [2.45, 2.75) is 25.7 Å². The molecular formula is C18H17FN4O3. The molecular weight excluding hydrogens is 339 g/mol. The number of halogens is 1. The van der Waals surface area contributed by atoms with E-state index >= 15 is 0 Å². The zero-order chi connectivity index (χ0) is 18.4. The van der Waals surface area contributed by atoms with Gasteiger partial charge in [0.05, 0.1) is 5.52 Å². The lowest BCUT2D eigenvalue weighted by Gasteiger charge is -2.24. The number of hydrogen-bond acceptors (Lipinski definition) is 4. The second kappa shape index (κ2) is 6.05. The van der Waals surface area contributed by atoms with Gasteiger partial charge in [0.15, 0.2) is 5.82 Å². The number of Topliss-reactive ketones (excluding diaryl/α,β-unsaturated/α-hetero) is 1. The molecule has 1 aliphatic carbocycles. The lowest BCUT2D eigenvalue weighted by atomic mass is 9.92. The Labute approximate surface area is 148 Å². The Morgan fingerprint density at radius 3 is 2.65 bits per heavy atom. The highest BCUT2D eigenvalue weighted by Gasteiger charge is 2.28. The monoisotopic (exact) mass is 356 g/mol. The molecule has 2 aromatic rings. The van der Waals surface area contributed by atoms with Gasteiger partial charge >= 0.3 is 6.03 Å². The number of carbonyl (C=O) groups is 3. The average Bonchev–Trinajstić information content (AvgIpc) is 2.91. The van der Waals surface area contributed by atoms with Crippen molar-refractivity contribution in [2.24, 2.45) is 7.05 Å². The summed E-state index contributed by atoms with van der Waals surface area (Å²) in [6, 6.07) is 2.52. The quantitative estimate of drug-likeness (QED) is 0.895. The third kappa shape index (κ3) is 2.67. The van der Waals surface area contributed by atoms with Crippen LogP contribution in [0.4, 0.5) is 15.0 Å². The van der Waals surface area contributed by atoms with Gasteiger partial charge in [0.25, 0.3) is 0 Å². The molecule has 1 saturated heterocycles. The molecule has 26 heavy (non-hydrogen) atoms. The normalized spacial score (nSPS) is 18.3. The summed E-state index contributed by atoms with van der Waals surface area (Å²) in [5.41, 5.74) is 1.95. The van der Waals surface area contributed by atoms with Crippen molar-refractivity contribution in [2.75, 3.05) is 11.4 Å². The fourth-order valence-electron chi connectivity index (χ4n) is 3.43. The number of aromatic nitrogens is 2. The summed E-state index contributed by atoms with van der Waals surface area (Å²) in [4.78, 5) is 36.2. The number of amides is 3. The topological polar surface area (TPSA) is 84.3 Å². The van der Waals surface area contributed by atoms with Gasteiger partial charge in [0.2, 0.25) is 5.91 Å². The number of carbonyl (C=O) groups excluding carboxylic acids is 3. The average molecular weight is 356 g/mol. The number of benzene rings is 1. The molecule has 0 saturated carbocycles.